The molecule has 2 aromatic carbocycles. The molecule has 0 fully saturated rings. The van der Waals surface area contributed by atoms with Crippen molar-refractivity contribution in [3.8, 4) is 0 Å². The summed E-state index contributed by atoms with van der Waals surface area (Å²) in [4.78, 5) is 27.4. The Hall–Kier alpha value is -3.34. The van der Waals surface area contributed by atoms with Gasteiger partial charge in [0.2, 0.25) is 5.91 Å². The monoisotopic (exact) mass is 404 g/mol. The summed E-state index contributed by atoms with van der Waals surface area (Å²) in [5, 5.41) is 2.93. The largest absolute Gasteiger partial charge is 0.466 e. The van der Waals surface area contributed by atoms with E-state index < -0.39 is 0 Å². The van der Waals surface area contributed by atoms with Gasteiger partial charge in [0.1, 0.15) is 11.5 Å². The number of anilines is 1. The molecule has 3 rings (SSSR count). The molecule has 0 aliphatic rings. The molecule has 0 spiro atoms. The molecule has 1 aromatic heterocycles. The highest BCUT2D eigenvalue weighted by Crippen LogP contribution is 2.19. The summed E-state index contributed by atoms with van der Waals surface area (Å²) in [7, 11) is 0. The summed E-state index contributed by atoms with van der Waals surface area (Å²) in [6.07, 6.45) is 0.210. The van der Waals surface area contributed by atoms with Gasteiger partial charge in [0.05, 0.1) is 5.56 Å². The van der Waals surface area contributed by atoms with E-state index in [0.717, 1.165) is 16.8 Å². The number of carbonyl (C=O) groups is 2. The highest BCUT2D eigenvalue weighted by Gasteiger charge is 2.21. The van der Waals surface area contributed by atoms with Crippen molar-refractivity contribution in [2.45, 2.75) is 40.7 Å². The minimum absolute atomic E-state index is 0.121. The van der Waals surface area contributed by atoms with Gasteiger partial charge in [-0.25, -0.2) is 0 Å². The van der Waals surface area contributed by atoms with Gasteiger partial charge >= 0.3 is 0 Å². The van der Waals surface area contributed by atoms with Crippen molar-refractivity contribution < 1.29 is 14.0 Å². The minimum atomic E-state index is -0.132. The zero-order chi connectivity index (χ0) is 21.7. The predicted octanol–water partition coefficient (Wildman–Crippen LogP) is 5.18. The molecule has 0 radical (unpaired) electrons. The van der Waals surface area contributed by atoms with Gasteiger partial charge in [-0.15, -0.1) is 0 Å². The molecule has 0 unspecified atom stereocenters. The van der Waals surface area contributed by atoms with E-state index in [4.69, 9.17) is 4.42 Å². The number of carbonyl (C=O) groups excluding carboxylic acids is 2. The van der Waals surface area contributed by atoms with Crippen molar-refractivity contribution >= 4 is 17.5 Å². The smallest absolute Gasteiger partial charge is 0.257 e. The molecule has 0 saturated carbocycles. The number of amides is 2. The van der Waals surface area contributed by atoms with Crippen LogP contribution in [0, 0.1) is 27.7 Å². The number of nitrogens with zero attached hydrogens (tertiary/aromatic N) is 1. The maximum absolute atomic E-state index is 13.2. The van der Waals surface area contributed by atoms with Crippen LogP contribution in [0.25, 0.3) is 0 Å². The second kappa shape index (κ2) is 9.44. The molecule has 0 bridgehead atoms. The lowest BCUT2D eigenvalue weighted by molar-refractivity contribution is -0.116. The molecule has 5 heteroatoms. The fourth-order valence-electron chi connectivity index (χ4n) is 3.35. The molecule has 156 valence electrons. The van der Waals surface area contributed by atoms with Crippen molar-refractivity contribution in [1.82, 2.24) is 4.90 Å². The third-order valence-electron chi connectivity index (χ3n) is 5.17. The molecule has 0 aliphatic carbocycles. The number of nitrogens with one attached hydrogen (secondary N) is 1. The summed E-state index contributed by atoms with van der Waals surface area (Å²) in [5.41, 5.74) is 4.62. The lowest BCUT2D eigenvalue weighted by Gasteiger charge is -2.22. The number of hydrogen-bond acceptors (Lipinski definition) is 3. The van der Waals surface area contributed by atoms with Crippen LogP contribution in [0.3, 0.4) is 0 Å². The third-order valence-corrected chi connectivity index (χ3v) is 5.17. The first kappa shape index (κ1) is 21.4. The normalized spacial score (nSPS) is 10.7. The number of benzene rings is 2. The molecule has 30 heavy (non-hydrogen) atoms. The zero-order valence-electron chi connectivity index (χ0n) is 18.0. The third kappa shape index (κ3) is 5.38. The highest BCUT2D eigenvalue weighted by molar-refractivity contribution is 5.96. The van der Waals surface area contributed by atoms with Crippen LogP contribution in [0.5, 0.6) is 0 Å². The Kier molecular flexibility index (Phi) is 6.72. The average Bonchev–Trinajstić information content (AvgIpc) is 3.06. The molecular weight excluding hydrogens is 376 g/mol. The quantitative estimate of drug-likeness (QED) is 0.590. The number of furan rings is 1. The Morgan fingerprint density at radius 3 is 2.30 bits per heavy atom. The summed E-state index contributed by atoms with van der Waals surface area (Å²) in [6.45, 7) is 8.40. The van der Waals surface area contributed by atoms with Crippen LogP contribution < -0.4 is 5.32 Å². The molecule has 3 aromatic rings. The van der Waals surface area contributed by atoms with Gasteiger partial charge in [-0.3, -0.25) is 9.59 Å². The molecule has 0 aliphatic heterocycles. The van der Waals surface area contributed by atoms with Crippen LogP contribution in [-0.2, 0) is 11.3 Å². The summed E-state index contributed by atoms with van der Waals surface area (Å²) in [6, 6.07) is 17.4. The molecule has 2 amide bonds. The van der Waals surface area contributed by atoms with E-state index in [2.05, 4.69) is 5.32 Å². The van der Waals surface area contributed by atoms with E-state index in [1.165, 1.54) is 5.56 Å². The Morgan fingerprint density at radius 1 is 0.933 bits per heavy atom. The maximum Gasteiger partial charge on any atom is 0.257 e. The molecule has 1 N–H and O–H groups in total. The lowest BCUT2D eigenvalue weighted by Crippen LogP contribution is -2.33. The second-order valence-electron chi connectivity index (χ2n) is 7.64. The van der Waals surface area contributed by atoms with Crippen molar-refractivity contribution in [1.29, 1.82) is 0 Å². The van der Waals surface area contributed by atoms with Gasteiger partial charge in [0, 0.05) is 25.2 Å². The second-order valence-corrected chi connectivity index (χ2v) is 7.64. The van der Waals surface area contributed by atoms with E-state index >= 15 is 0 Å². The van der Waals surface area contributed by atoms with E-state index in [1.54, 1.807) is 17.9 Å². The van der Waals surface area contributed by atoms with Gasteiger partial charge < -0.3 is 14.6 Å². The van der Waals surface area contributed by atoms with Gasteiger partial charge in [-0.1, -0.05) is 36.4 Å². The Labute approximate surface area is 177 Å². The molecular formula is C25H28N2O3. The first-order valence-corrected chi connectivity index (χ1v) is 10.1. The van der Waals surface area contributed by atoms with Gasteiger partial charge in [0.15, 0.2) is 0 Å². The molecule has 0 atom stereocenters. The number of rotatable bonds is 7. The SMILES string of the molecule is Cc1cc(C(=O)N(CCC(=O)Nc2ccc(C)c(C)c2)Cc2ccccc2)c(C)o1. The number of aryl methyl sites for hydroxylation is 4. The van der Waals surface area contributed by atoms with E-state index in [0.29, 0.717) is 30.2 Å². The van der Waals surface area contributed by atoms with Crippen molar-refractivity contribution in [2.24, 2.45) is 0 Å². The van der Waals surface area contributed by atoms with E-state index in [1.807, 2.05) is 69.3 Å². The lowest BCUT2D eigenvalue weighted by atomic mass is 10.1. The Bertz CT molecular complexity index is 1040. The van der Waals surface area contributed by atoms with E-state index in [9.17, 15) is 9.59 Å². The van der Waals surface area contributed by atoms with E-state index in [-0.39, 0.29) is 18.2 Å². The van der Waals surface area contributed by atoms with Gasteiger partial charge in [0.25, 0.3) is 5.91 Å². The topological polar surface area (TPSA) is 62.6 Å². The first-order valence-electron chi connectivity index (χ1n) is 10.1. The van der Waals surface area contributed by atoms with Crippen LogP contribution in [0.2, 0.25) is 0 Å². The van der Waals surface area contributed by atoms with Crippen LogP contribution >= 0.6 is 0 Å². The Balaban J connectivity index is 1.71. The fraction of sp³-hybridized carbons (Fsp3) is 0.280. The Morgan fingerprint density at radius 2 is 1.67 bits per heavy atom. The van der Waals surface area contributed by atoms with Crippen molar-refractivity contribution in [3.05, 3.63) is 88.4 Å². The van der Waals surface area contributed by atoms with Crippen LogP contribution in [0.4, 0.5) is 5.69 Å². The van der Waals surface area contributed by atoms with Crippen molar-refractivity contribution in [2.75, 3.05) is 11.9 Å². The maximum atomic E-state index is 13.2. The summed E-state index contributed by atoms with van der Waals surface area (Å²) < 4.78 is 5.53. The minimum Gasteiger partial charge on any atom is -0.466 e. The average molecular weight is 405 g/mol. The first-order chi connectivity index (χ1) is 14.3. The summed E-state index contributed by atoms with van der Waals surface area (Å²) >= 11 is 0. The van der Waals surface area contributed by atoms with Gasteiger partial charge in [-0.2, -0.15) is 0 Å². The molecule has 5 nitrogen and oxygen atoms in total. The molecule has 1 heterocycles. The van der Waals surface area contributed by atoms with Crippen molar-refractivity contribution in [3.63, 3.8) is 0 Å². The van der Waals surface area contributed by atoms with Gasteiger partial charge in [-0.05, 0) is 62.6 Å². The highest BCUT2D eigenvalue weighted by atomic mass is 16.3. The van der Waals surface area contributed by atoms with Crippen LogP contribution in [-0.4, -0.2) is 23.3 Å². The predicted molar refractivity (Wildman–Crippen MR) is 119 cm³/mol. The van der Waals surface area contributed by atoms with Crippen LogP contribution in [0.15, 0.2) is 59.0 Å². The zero-order valence-corrected chi connectivity index (χ0v) is 18.0. The summed E-state index contributed by atoms with van der Waals surface area (Å²) in [5.74, 6) is 1.04. The fourth-order valence-corrected chi connectivity index (χ4v) is 3.35. The standard InChI is InChI=1S/C25H28N2O3/c1-17-10-11-22(14-18(17)2)26-24(28)12-13-27(16-21-8-6-5-7-9-21)25(29)23-15-19(3)30-20(23)4/h5-11,14-15H,12-13,16H2,1-4H3,(H,26,28). The van der Waals surface area contributed by atoms with Crippen LogP contribution in [0.1, 0.15) is 45.0 Å². The molecule has 0 saturated heterocycles. The number of hydrogen-bond donors (Lipinski definition) is 1.